The fourth-order valence-electron chi connectivity index (χ4n) is 2.88. The molecule has 1 aromatic heterocycles. The van der Waals surface area contributed by atoms with Gasteiger partial charge in [-0.1, -0.05) is 11.3 Å². The number of methoxy groups -OCH3 is 1. The first kappa shape index (κ1) is 16.7. The molecule has 1 aliphatic heterocycles. The lowest BCUT2D eigenvalue weighted by atomic mass is 9.99. The Morgan fingerprint density at radius 1 is 1.38 bits per heavy atom. The molecule has 0 aliphatic carbocycles. The first-order chi connectivity index (χ1) is 11.7. The maximum absolute atomic E-state index is 12.0. The Kier molecular flexibility index (Phi) is 5.30. The van der Waals surface area contributed by atoms with E-state index in [9.17, 15) is 4.79 Å². The molecule has 1 aliphatic rings. The van der Waals surface area contributed by atoms with E-state index in [2.05, 4.69) is 15.5 Å². The number of nitrogens with zero attached hydrogens (tertiary/aromatic N) is 3. The molecule has 1 saturated heterocycles. The average molecular weight is 346 g/mol. The first-order valence-electron chi connectivity index (χ1n) is 8.22. The van der Waals surface area contributed by atoms with Crippen LogP contribution in [-0.4, -0.2) is 47.9 Å². The van der Waals surface area contributed by atoms with Gasteiger partial charge in [0.2, 0.25) is 0 Å². The zero-order valence-electron chi connectivity index (χ0n) is 14.0. The van der Waals surface area contributed by atoms with Gasteiger partial charge in [0.1, 0.15) is 15.8 Å². The smallest absolute Gasteiger partial charge is 0.317 e. The lowest BCUT2D eigenvalue weighted by Gasteiger charge is -2.31. The Balaban J connectivity index is 1.71. The van der Waals surface area contributed by atoms with Crippen LogP contribution in [0.1, 0.15) is 30.7 Å². The average Bonchev–Trinajstić information content (AvgIpc) is 3.12. The highest BCUT2D eigenvalue weighted by Crippen LogP contribution is 2.33. The van der Waals surface area contributed by atoms with Gasteiger partial charge in [-0.25, -0.2) is 4.79 Å². The number of hydrogen-bond acceptors (Lipinski definition) is 5. The van der Waals surface area contributed by atoms with E-state index in [0.717, 1.165) is 40.7 Å². The van der Waals surface area contributed by atoms with Crippen molar-refractivity contribution in [1.29, 1.82) is 0 Å². The monoisotopic (exact) mass is 346 g/mol. The van der Waals surface area contributed by atoms with Gasteiger partial charge in [0.15, 0.2) is 0 Å². The number of carbonyl (C=O) groups is 1. The fourth-order valence-corrected chi connectivity index (χ4v) is 3.85. The van der Waals surface area contributed by atoms with Crippen molar-refractivity contribution in [3.63, 3.8) is 0 Å². The minimum absolute atomic E-state index is 0.0158. The molecule has 2 amide bonds. The van der Waals surface area contributed by atoms with E-state index in [0.29, 0.717) is 13.1 Å². The number of likely N-dealkylation sites (tertiary alicyclic amines) is 1. The Bertz CT molecular complexity index is 686. The van der Waals surface area contributed by atoms with Crippen molar-refractivity contribution in [3.8, 4) is 16.3 Å². The zero-order valence-corrected chi connectivity index (χ0v) is 14.8. The number of benzene rings is 1. The first-order valence-corrected chi connectivity index (χ1v) is 9.03. The Morgan fingerprint density at radius 2 is 2.17 bits per heavy atom. The molecular formula is C17H22N4O2S. The second-order valence-electron chi connectivity index (χ2n) is 5.79. The van der Waals surface area contributed by atoms with E-state index in [1.807, 2.05) is 36.1 Å². The summed E-state index contributed by atoms with van der Waals surface area (Å²) in [7, 11) is 1.65. The number of aromatic nitrogens is 2. The molecule has 3 rings (SSSR count). The molecule has 1 N–H and O–H groups in total. The van der Waals surface area contributed by atoms with Crippen molar-refractivity contribution in [2.75, 3.05) is 26.7 Å². The topological polar surface area (TPSA) is 67.4 Å². The molecule has 24 heavy (non-hydrogen) atoms. The third-order valence-corrected chi connectivity index (χ3v) is 5.30. The van der Waals surface area contributed by atoms with Crippen molar-refractivity contribution >= 4 is 17.4 Å². The molecule has 6 nitrogen and oxygen atoms in total. The summed E-state index contributed by atoms with van der Waals surface area (Å²) in [6.45, 7) is 4.11. The minimum atomic E-state index is 0.0158. The number of urea groups is 1. The SMILES string of the molecule is CCNC(=O)N1CCC[C@@H](c2nnc(-c3ccc(OC)cc3)s2)C1. The molecule has 2 heterocycles. The number of hydrogen-bond donors (Lipinski definition) is 1. The van der Waals surface area contributed by atoms with Crippen LogP contribution in [0.25, 0.3) is 10.6 Å². The molecule has 0 radical (unpaired) electrons. The van der Waals surface area contributed by atoms with E-state index < -0.39 is 0 Å². The van der Waals surface area contributed by atoms with Crippen LogP contribution in [0.2, 0.25) is 0 Å². The summed E-state index contributed by atoms with van der Waals surface area (Å²) in [4.78, 5) is 13.9. The third-order valence-electron chi connectivity index (χ3n) is 4.16. The van der Waals surface area contributed by atoms with Crippen LogP contribution >= 0.6 is 11.3 Å². The summed E-state index contributed by atoms with van der Waals surface area (Å²) < 4.78 is 5.18. The highest BCUT2D eigenvalue weighted by molar-refractivity contribution is 7.14. The van der Waals surface area contributed by atoms with Gasteiger partial charge >= 0.3 is 6.03 Å². The van der Waals surface area contributed by atoms with Gasteiger partial charge in [-0.3, -0.25) is 0 Å². The molecule has 128 valence electrons. The minimum Gasteiger partial charge on any atom is -0.497 e. The molecule has 1 atom stereocenters. The van der Waals surface area contributed by atoms with Gasteiger partial charge in [-0.2, -0.15) is 0 Å². The van der Waals surface area contributed by atoms with Crippen molar-refractivity contribution in [3.05, 3.63) is 29.3 Å². The number of amides is 2. The van der Waals surface area contributed by atoms with Crippen molar-refractivity contribution in [2.45, 2.75) is 25.7 Å². The van der Waals surface area contributed by atoms with Crippen LogP contribution < -0.4 is 10.1 Å². The number of rotatable bonds is 4. The molecule has 2 aromatic rings. The summed E-state index contributed by atoms with van der Waals surface area (Å²) >= 11 is 1.61. The number of nitrogens with one attached hydrogen (secondary N) is 1. The van der Waals surface area contributed by atoms with Crippen molar-refractivity contribution in [1.82, 2.24) is 20.4 Å². The fraction of sp³-hybridized carbons (Fsp3) is 0.471. The predicted octanol–water partition coefficient (Wildman–Crippen LogP) is 3.12. The summed E-state index contributed by atoms with van der Waals surface area (Å²) in [5.74, 6) is 1.10. The Hall–Kier alpha value is -2.15. The largest absolute Gasteiger partial charge is 0.497 e. The molecule has 0 unspecified atom stereocenters. The molecule has 1 aromatic carbocycles. The lowest BCUT2D eigenvalue weighted by molar-refractivity contribution is 0.180. The van der Waals surface area contributed by atoms with Gasteiger partial charge in [-0.05, 0) is 44.0 Å². The van der Waals surface area contributed by atoms with Gasteiger partial charge < -0.3 is 15.0 Å². The van der Waals surface area contributed by atoms with Crippen LogP contribution in [0, 0.1) is 0 Å². The highest BCUT2D eigenvalue weighted by atomic mass is 32.1. The predicted molar refractivity (Wildman–Crippen MR) is 94.5 cm³/mol. The number of ether oxygens (including phenoxy) is 1. The summed E-state index contributed by atoms with van der Waals surface area (Å²) in [6, 6.07) is 7.85. The third kappa shape index (κ3) is 3.67. The molecule has 0 spiro atoms. The normalized spacial score (nSPS) is 17.6. The van der Waals surface area contributed by atoms with Crippen molar-refractivity contribution in [2.24, 2.45) is 0 Å². The quantitative estimate of drug-likeness (QED) is 0.923. The maximum Gasteiger partial charge on any atom is 0.317 e. The second-order valence-corrected chi connectivity index (χ2v) is 6.80. The van der Waals surface area contributed by atoms with Gasteiger partial charge in [-0.15, -0.1) is 10.2 Å². The van der Waals surface area contributed by atoms with E-state index in [4.69, 9.17) is 4.74 Å². The van der Waals surface area contributed by atoms with Crippen LogP contribution in [0.15, 0.2) is 24.3 Å². The summed E-state index contributed by atoms with van der Waals surface area (Å²) in [5, 5.41) is 13.5. The molecule has 7 heteroatoms. The van der Waals surface area contributed by atoms with E-state index >= 15 is 0 Å². The lowest BCUT2D eigenvalue weighted by Crippen LogP contribution is -2.44. The molecule has 1 fully saturated rings. The highest BCUT2D eigenvalue weighted by Gasteiger charge is 2.27. The molecule has 0 bridgehead atoms. The van der Waals surface area contributed by atoms with Crippen molar-refractivity contribution < 1.29 is 9.53 Å². The summed E-state index contributed by atoms with van der Waals surface area (Å²) in [5.41, 5.74) is 1.04. The van der Waals surface area contributed by atoms with Gasteiger partial charge in [0, 0.05) is 31.1 Å². The van der Waals surface area contributed by atoms with Gasteiger partial charge in [0.25, 0.3) is 0 Å². The number of carbonyl (C=O) groups excluding carboxylic acids is 1. The zero-order chi connectivity index (χ0) is 16.9. The van der Waals surface area contributed by atoms with E-state index in [1.165, 1.54) is 0 Å². The number of piperidine rings is 1. The van der Waals surface area contributed by atoms with Crippen LogP contribution in [0.3, 0.4) is 0 Å². The van der Waals surface area contributed by atoms with Crippen LogP contribution in [0.4, 0.5) is 4.79 Å². The molecule has 0 saturated carbocycles. The Morgan fingerprint density at radius 3 is 2.88 bits per heavy atom. The van der Waals surface area contributed by atoms with Crippen LogP contribution in [0.5, 0.6) is 5.75 Å². The Labute approximate surface area is 145 Å². The summed E-state index contributed by atoms with van der Waals surface area (Å²) in [6.07, 6.45) is 2.05. The molecular weight excluding hydrogens is 324 g/mol. The maximum atomic E-state index is 12.0. The van der Waals surface area contributed by atoms with E-state index in [1.54, 1.807) is 18.4 Å². The standard InChI is InChI=1S/C17H22N4O2S/c1-3-18-17(22)21-10-4-5-13(11-21)16-20-19-15(24-16)12-6-8-14(23-2)9-7-12/h6-9,13H,3-5,10-11H2,1-2H3,(H,18,22)/t13-/m1/s1. The van der Waals surface area contributed by atoms with Gasteiger partial charge in [0.05, 0.1) is 7.11 Å². The second kappa shape index (κ2) is 7.61. The van der Waals surface area contributed by atoms with Crippen LogP contribution in [-0.2, 0) is 0 Å². The van der Waals surface area contributed by atoms with E-state index in [-0.39, 0.29) is 11.9 Å².